The van der Waals surface area contributed by atoms with Gasteiger partial charge in [0.05, 0.1) is 25.0 Å². The smallest absolute Gasteiger partial charge is 0.432 e. The molecule has 1 aromatic rings. The number of carbonyl (C=O) groups excluding carboxylic acids is 1. The van der Waals surface area contributed by atoms with Gasteiger partial charge in [0.15, 0.2) is 6.23 Å². The predicted molar refractivity (Wildman–Crippen MR) is 95.1 cm³/mol. The van der Waals surface area contributed by atoms with Crippen LogP contribution in [0.4, 0.5) is 9.18 Å². The van der Waals surface area contributed by atoms with Gasteiger partial charge in [-0.3, -0.25) is 9.36 Å². The summed E-state index contributed by atoms with van der Waals surface area (Å²) in [4.78, 5) is 53.6. The van der Waals surface area contributed by atoms with Crippen LogP contribution >= 0.6 is 8.60 Å². The minimum atomic E-state index is -2.56. The maximum atomic E-state index is 14.0. The fourth-order valence-corrected chi connectivity index (χ4v) is 2.48. The van der Waals surface area contributed by atoms with E-state index in [2.05, 4.69) is 4.52 Å². The summed E-state index contributed by atoms with van der Waals surface area (Å²) in [6.07, 6.45) is -2.73. The molecule has 2 unspecified atom stereocenters. The lowest BCUT2D eigenvalue weighted by Crippen LogP contribution is -2.44. The SMILES string of the molecule is COC(CCn1cc(F)c(=O)n(C(C)OC(=O)OC(C)C)c1=O)COP(O)O. The zero-order valence-electron chi connectivity index (χ0n) is 15.9. The first-order valence-corrected chi connectivity index (χ1v) is 9.45. The summed E-state index contributed by atoms with van der Waals surface area (Å²) in [6.45, 7) is 4.16. The molecule has 0 radical (unpaired) electrons. The summed E-state index contributed by atoms with van der Waals surface area (Å²) in [5.41, 5.74) is -2.15. The maximum Gasteiger partial charge on any atom is 0.510 e. The Morgan fingerprint density at radius 3 is 2.43 bits per heavy atom. The van der Waals surface area contributed by atoms with Crippen molar-refractivity contribution in [3.63, 3.8) is 0 Å². The van der Waals surface area contributed by atoms with Gasteiger partial charge < -0.3 is 28.5 Å². The zero-order valence-corrected chi connectivity index (χ0v) is 16.8. The molecule has 2 atom stereocenters. The van der Waals surface area contributed by atoms with E-state index in [1.54, 1.807) is 13.8 Å². The van der Waals surface area contributed by atoms with Crippen molar-refractivity contribution in [1.29, 1.82) is 0 Å². The second-order valence-corrected chi connectivity index (χ2v) is 6.72. The van der Waals surface area contributed by atoms with Gasteiger partial charge in [0.25, 0.3) is 5.56 Å². The molecule has 0 saturated heterocycles. The van der Waals surface area contributed by atoms with E-state index in [1.165, 1.54) is 14.0 Å². The van der Waals surface area contributed by atoms with Gasteiger partial charge in [-0.2, -0.15) is 4.39 Å². The van der Waals surface area contributed by atoms with Crippen molar-refractivity contribution in [1.82, 2.24) is 9.13 Å². The van der Waals surface area contributed by atoms with Crippen LogP contribution in [0, 0.1) is 5.82 Å². The standard InChI is InChI=1S/C15H24FN2O9P/c1-9(2)26-15(21)27-10(3)18-13(19)12(16)7-17(14(18)20)6-5-11(24-4)8-25-28(22)23/h7,9-11,22-23H,5-6,8H2,1-4H3. The van der Waals surface area contributed by atoms with Crippen LogP contribution < -0.4 is 11.2 Å². The summed E-state index contributed by atoms with van der Waals surface area (Å²) in [6, 6.07) is 0. The van der Waals surface area contributed by atoms with Crippen molar-refractivity contribution >= 4 is 14.8 Å². The molecule has 0 amide bonds. The summed E-state index contributed by atoms with van der Waals surface area (Å²) in [5, 5.41) is 0. The van der Waals surface area contributed by atoms with Gasteiger partial charge in [-0.1, -0.05) is 0 Å². The van der Waals surface area contributed by atoms with Crippen LogP contribution in [0.5, 0.6) is 0 Å². The molecule has 0 bridgehead atoms. The van der Waals surface area contributed by atoms with Gasteiger partial charge in [0.2, 0.25) is 5.82 Å². The van der Waals surface area contributed by atoms with Gasteiger partial charge in [0.1, 0.15) is 0 Å². The number of aryl methyl sites for hydroxylation is 1. The molecule has 1 aromatic heterocycles. The number of hydrogen-bond donors (Lipinski definition) is 2. The second-order valence-electron chi connectivity index (χ2n) is 5.96. The molecule has 11 nitrogen and oxygen atoms in total. The van der Waals surface area contributed by atoms with Gasteiger partial charge in [-0.05, 0) is 27.2 Å². The van der Waals surface area contributed by atoms with E-state index in [0.29, 0.717) is 4.57 Å². The maximum absolute atomic E-state index is 14.0. The number of halogens is 1. The molecule has 0 aromatic carbocycles. The van der Waals surface area contributed by atoms with E-state index in [4.69, 9.17) is 24.0 Å². The largest absolute Gasteiger partial charge is 0.510 e. The average molecular weight is 426 g/mol. The number of ether oxygens (including phenoxy) is 3. The molecule has 1 rings (SSSR count). The summed E-state index contributed by atoms with van der Waals surface area (Å²) < 4.78 is 34.7. The van der Waals surface area contributed by atoms with E-state index in [0.717, 1.165) is 10.8 Å². The van der Waals surface area contributed by atoms with Crippen LogP contribution in [0.25, 0.3) is 0 Å². The fourth-order valence-electron chi connectivity index (χ4n) is 2.18. The van der Waals surface area contributed by atoms with E-state index in [1.807, 2.05) is 0 Å². The number of carbonyl (C=O) groups is 1. The Labute approximate surface area is 161 Å². The lowest BCUT2D eigenvalue weighted by molar-refractivity contribution is -0.0137. The van der Waals surface area contributed by atoms with Gasteiger partial charge in [-0.25, -0.2) is 14.2 Å². The summed E-state index contributed by atoms with van der Waals surface area (Å²) >= 11 is 0. The lowest BCUT2D eigenvalue weighted by atomic mass is 10.2. The highest BCUT2D eigenvalue weighted by molar-refractivity contribution is 7.39. The van der Waals surface area contributed by atoms with E-state index in [9.17, 15) is 18.8 Å². The molecule has 0 saturated carbocycles. The number of hydrogen-bond acceptors (Lipinski definition) is 9. The highest BCUT2D eigenvalue weighted by Gasteiger charge is 2.21. The number of aromatic nitrogens is 2. The lowest BCUT2D eigenvalue weighted by Gasteiger charge is -2.19. The summed E-state index contributed by atoms with van der Waals surface area (Å²) in [5.74, 6) is -1.22. The fraction of sp³-hybridized carbons (Fsp3) is 0.667. The van der Waals surface area contributed by atoms with Crippen molar-refractivity contribution in [2.75, 3.05) is 13.7 Å². The minimum absolute atomic E-state index is 0.0736. The third kappa shape index (κ3) is 7.28. The predicted octanol–water partition coefficient (Wildman–Crippen LogP) is 0.862. The molecule has 1 heterocycles. The number of methoxy groups -OCH3 is 1. The molecule has 0 aliphatic heterocycles. The van der Waals surface area contributed by atoms with Crippen molar-refractivity contribution in [3.8, 4) is 0 Å². The first-order valence-electron chi connectivity index (χ1n) is 8.29. The Morgan fingerprint density at radius 2 is 1.89 bits per heavy atom. The molecular formula is C15H24FN2O9P. The Bertz CT molecular complexity index is 765. The molecule has 28 heavy (non-hydrogen) atoms. The molecule has 13 heteroatoms. The van der Waals surface area contributed by atoms with Crippen molar-refractivity contribution in [2.24, 2.45) is 0 Å². The molecular weight excluding hydrogens is 402 g/mol. The third-order valence-electron chi connectivity index (χ3n) is 3.51. The first-order chi connectivity index (χ1) is 13.1. The topological polar surface area (TPSA) is 138 Å². The van der Waals surface area contributed by atoms with Crippen molar-refractivity contribution in [3.05, 3.63) is 32.9 Å². The zero-order chi connectivity index (χ0) is 21.4. The Hall–Kier alpha value is -1.85. The molecule has 0 spiro atoms. The highest BCUT2D eigenvalue weighted by Crippen LogP contribution is 2.24. The highest BCUT2D eigenvalue weighted by atomic mass is 31.2. The summed E-state index contributed by atoms with van der Waals surface area (Å²) in [7, 11) is -1.21. The number of nitrogens with zero attached hydrogens (tertiary/aromatic N) is 2. The average Bonchev–Trinajstić information content (AvgIpc) is 2.58. The molecule has 0 aliphatic rings. The normalized spacial score (nSPS) is 13.6. The minimum Gasteiger partial charge on any atom is -0.432 e. The van der Waals surface area contributed by atoms with Gasteiger partial charge in [0, 0.05) is 13.7 Å². The Morgan fingerprint density at radius 1 is 1.25 bits per heavy atom. The van der Waals surface area contributed by atoms with Crippen LogP contribution in [0.15, 0.2) is 15.8 Å². The molecule has 0 fully saturated rings. The monoisotopic (exact) mass is 426 g/mol. The van der Waals surface area contributed by atoms with Crippen LogP contribution in [0.3, 0.4) is 0 Å². The Balaban J connectivity index is 3.00. The second kappa shape index (κ2) is 11.2. The van der Waals surface area contributed by atoms with Crippen molar-refractivity contribution < 1.29 is 37.7 Å². The molecule has 0 aliphatic carbocycles. The Kier molecular flexibility index (Phi) is 9.70. The van der Waals surface area contributed by atoms with E-state index >= 15 is 0 Å². The quantitative estimate of drug-likeness (QED) is 0.412. The van der Waals surface area contributed by atoms with Crippen LogP contribution in [0.2, 0.25) is 0 Å². The van der Waals surface area contributed by atoms with Gasteiger partial charge in [-0.15, -0.1) is 0 Å². The van der Waals surface area contributed by atoms with Crippen molar-refractivity contribution in [2.45, 2.75) is 52.2 Å². The van der Waals surface area contributed by atoms with Crippen LogP contribution in [-0.2, 0) is 25.3 Å². The van der Waals surface area contributed by atoms with E-state index < -0.39 is 50.3 Å². The molecule has 160 valence electrons. The van der Waals surface area contributed by atoms with Crippen LogP contribution in [0.1, 0.15) is 33.4 Å². The first kappa shape index (κ1) is 24.2. The number of rotatable bonds is 10. The van der Waals surface area contributed by atoms with E-state index in [-0.39, 0.29) is 19.6 Å². The van der Waals surface area contributed by atoms with Crippen LogP contribution in [-0.4, -0.2) is 51.0 Å². The van der Waals surface area contributed by atoms with Gasteiger partial charge >= 0.3 is 20.4 Å². The third-order valence-corrected chi connectivity index (χ3v) is 3.89. The molecule has 2 N–H and O–H groups in total.